The van der Waals surface area contributed by atoms with Gasteiger partial charge in [-0.05, 0) is 54.5 Å². The van der Waals surface area contributed by atoms with Crippen LogP contribution in [0, 0.1) is 12.3 Å². The maximum Gasteiger partial charge on any atom is 0.305 e. The van der Waals surface area contributed by atoms with Gasteiger partial charge in [0.25, 0.3) is 0 Å². The maximum absolute atomic E-state index is 13.9. The van der Waals surface area contributed by atoms with Gasteiger partial charge in [-0.1, -0.05) is 57.2 Å². The van der Waals surface area contributed by atoms with Gasteiger partial charge in [0.15, 0.2) is 0 Å². The molecule has 0 aliphatic carbocycles. The molecule has 0 bridgehead atoms. The molecule has 1 aliphatic rings. The van der Waals surface area contributed by atoms with Gasteiger partial charge in [0.1, 0.15) is 31.0 Å². The summed E-state index contributed by atoms with van der Waals surface area (Å²) in [6.07, 6.45) is 0.156. The topological polar surface area (TPSA) is 175 Å². The fourth-order valence-corrected chi connectivity index (χ4v) is 6.95. The van der Waals surface area contributed by atoms with Crippen LogP contribution in [0.15, 0.2) is 54.0 Å². The van der Waals surface area contributed by atoms with E-state index in [4.69, 9.17) is 18.9 Å². The predicted molar refractivity (Wildman–Crippen MR) is 211 cm³/mol. The number of aryl methyl sites for hydroxylation is 2. The van der Waals surface area contributed by atoms with Gasteiger partial charge in [-0.2, -0.15) is 0 Å². The maximum atomic E-state index is 13.9. The molecule has 2 aromatic carbocycles. The smallest absolute Gasteiger partial charge is 0.305 e. The number of benzene rings is 2. The Hall–Kier alpha value is -4.41. The molecular formula is C41H56N4O10S. The number of esters is 1. The van der Waals surface area contributed by atoms with Crippen molar-refractivity contribution in [3.63, 3.8) is 0 Å². The van der Waals surface area contributed by atoms with Crippen molar-refractivity contribution in [1.82, 2.24) is 20.5 Å². The number of aliphatic hydroxyl groups is 1. The van der Waals surface area contributed by atoms with Gasteiger partial charge in [-0.25, -0.2) is 4.98 Å². The first-order chi connectivity index (χ1) is 26.8. The third-order valence-electron chi connectivity index (χ3n) is 9.30. The summed E-state index contributed by atoms with van der Waals surface area (Å²) in [4.78, 5) is 58.4. The van der Waals surface area contributed by atoms with E-state index in [1.54, 1.807) is 11.3 Å². The summed E-state index contributed by atoms with van der Waals surface area (Å²) >= 11 is 1.57. The van der Waals surface area contributed by atoms with Gasteiger partial charge in [0, 0.05) is 19.4 Å². The highest BCUT2D eigenvalue weighted by atomic mass is 32.1. The first kappa shape index (κ1) is 44.3. The first-order valence-corrected chi connectivity index (χ1v) is 19.7. The molecule has 3 N–H and O–H groups in total. The number of amides is 3. The highest BCUT2D eigenvalue weighted by molar-refractivity contribution is 7.13. The van der Waals surface area contributed by atoms with Crippen LogP contribution in [0.3, 0.4) is 0 Å². The van der Waals surface area contributed by atoms with Crippen molar-refractivity contribution >= 4 is 35.0 Å². The molecule has 3 aromatic rings. The van der Waals surface area contributed by atoms with Crippen LogP contribution >= 0.6 is 11.3 Å². The molecule has 2 unspecified atom stereocenters. The van der Waals surface area contributed by atoms with Gasteiger partial charge < -0.3 is 44.3 Å². The molecule has 1 aliphatic heterocycles. The lowest BCUT2D eigenvalue weighted by Crippen LogP contribution is -2.58. The van der Waals surface area contributed by atoms with Crippen LogP contribution in [-0.4, -0.2) is 117 Å². The minimum atomic E-state index is -0.964. The molecule has 0 saturated carbocycles. The van der Waals surface area contributed by atoms with E-state index in [1.807, 2.05) is 88.7 Å². The molecule has 0 spiro atoms. The number of methoxy groups -OCH3 is 1. The quantitative estimate of drug-likeness (QED) is 0.105. The van der Waals surface area contributed by atoms with E-state index in [0.29, 0.717) is 45.0 Å². The molecule has 4 atom stereocenters. The van der Waals surface area contributed by atoms with E-state index in [0.717, 1.165) is 27.3 Å². The van der Waals surface area contributed by atoms with Gasteiger partial charge in [0.05, 0.1) is 68.4 Å². The molecule has 0 radical (unpaired) electrons. The van der Waals surface area contributed by atoms with Crippen molar-refractivity contribution < 1.29 is 48.0 Å². The number of hydrogen-bond donors (Lipinski definition) is 3. The van der Waals surface area contributed by atoms with Gasteiger partial charge >= 0.3 is 5.97 Å². The van der Waals surface area contributed by atoms with Crippen LogP contribution in [-0.2, 0) is 44.5 Å². The number of aromatic nitrogens is 1. The number of ether oxygens (including phenoxy) is 5. The lowest BCUT2D eigenvalue weighted by molar-refractivity contribution is -0.144. The Labute approximate surface area is 333 Å². The minimum absolute atomic E-state index is 0.0180. The summed E-state index contributed by atoms with van der Waals surface area (Å²) in [6.45, 7) is 10.9. The highest BCUT2D eigenvalue weighted by Crippen LogP contribution is 2.29. The summed E-state index contributed by atoms with van der Waals surface area (Å²) in [5.74, 6) is -0.836. The second-order valence-corrected chi connectivity index (χ2v) is 15.6. The van der Waals surface area contributed by atoms with Crippen molar-refractivity contribution in [2.24, 2.45) is 5.41 Å². The van der Waals surface area contributed by atoms with Crippen LogP contribution in [0.5, 0.6) is 5.75 Å². The lowest BCUT2D eigenvalue weighted by Gasteiger charge is -2.35. The molecule has 14 nitrogen and oxygen atoms in total. The molecular weight excluding hydrogens is 741 g/mol. The monoisotopic (exact) mass is 796 g/mol. The molecule has 1 saturated heterocycles. The van der Waals surface area contributed by atoms with Crippen LogP contribution in [0.4, 0.5) is 0 Å². The Morgan fingerprint density at radius 1 is 0.929 bits per heavy atom. The number of hydrogen-bond acceptors (Lipinski definition) is 12. The van der Waals surface area contributed by atoms with Crippen molar-refractivity contribution in [3.05, 3.63) is 70.9 Å². The van der Waals surface area contributed by atoms with Crippen LogP contribution < -0.4 is 15.4 Å². The van der Waals surface area contributed by atoms with Crippen molar-refractivity contribution in [1.29, 1.82) is 0 Å². The van der Waals surface area contributed by atoms with Gasteiger partial charge in [-0.15, -0.1) is 11.3 Å². The largest absolute Gasteiger partial charge is 0.491 e. The minimum Gasteiger partial charge on any atom is -0.491 e. The molecule has 306 valence electrons. The molecule has 56 heavy (non-hydrogen) atoms. The SMILES string of the molecule is COC(=O)CCc1ccc(OCCOCCOCCOCC(=O)NC(C(=O)N2C[C@H](O)C[C@H]2C(=O)NC(C)c2ccc(-c3scnc3C)cc2)C(C)(C)C)cc1. The molecule has 15 heteroatoms. The second kappa shape index (κ2) is 21.8. The number of aliphatic hydroxyl groups excluding tert-OH is 1. The molecule has 1 aromatic heterocycles. The Morgan fingerprint density at radius 2 is 1.57 bits per heavy atom. The zero-order chi connectivity index (χ0) is 40.7. The number of carbonyl (C=O) groups excluding carboxylic acids is 4. The molecule has 2 heterocycles. The first-order valence-electron chi connectivity index (χ1n) is 18.9. The van der Waals surface area contributed by atoms with Gasteiger partial charge in [-0.3, -0.25) is 19.2 Å². The average Bonchev–Trinajstić information content (AvgIpc) is 3.79. The number of β-amino-alcohol motifs (C(OH)–C–C–N with tert-alkyl or cyclic N) is 1. The Morgan fingerprint density at radius 3 is 2.18 bits per heavy atom. The van der Waals surface area contributed by atoms with Gasteiger partial charge in [0.2, 0.25) is 17.7 Å². The third kappa shape index (κ3) is 13.7. The summed E-state index contributed by atoms with van der Waals surface area (Å²) < 4.78 is 26.9. The molecule has 3 amide bonds. The van der Waals surface area contributed by atoms with Crippen LogP contribution in [0.1, 0.15) is 63.4 Å². The standard InChI is InChI=1S/C41H56N4O10S/c1-27(30-10-12-31(13-11-30)37-28(2)42-26-56-37)43-39(49)34-23-32(46)24-45(34)40(50)38(41(3,4)5)44-35(47)25-54-20-19-52-17-18-53-21-22-55-33-14-7-29(8-15-33)9-16-36(48)51-6/h7-8,10-15,26-27,32,34,38,46H,9,16-25H2,1-6H3,(H,43,49)(H,44,47)/t27?,32-,34+,38?/m1/s1. The van der Waals surface area contributed by atoms with Crippen molar-refractivity contribution in [3.8, 4) is 16.2 Å². The summed E-state index contributed by atoms with van der Waals surface area (Å²) in [7, 11) is 1.37. The normalized spacial score (nSPS) is 16.6. The average molecular weight is 797 g/mol. The summed E-state index contributed by atoms with van der Waals surface area (Å²) in [5.41, 5.74) is 5.05. The van der Waals surface area contributed by atoms with E-state index in [-0.39, 0.29) is 50.7 Å². The lowest BCUT2D eigenvalue weighted by atomic mass is 9.85. The zero-order valence-electron chi connectivity index (χ0n) is 33.2. The highest BCUT2D eigenvalue weighted by Gasteiger charge is 2.44. The van der Waals surface area contributed by atoms with E-state index >= 15 is 0 Å². The summed E-state index contributed by atoms with van der Waals surface area (Å²) in [5, 5.41) is 16.3. The van der Waals surface area contributed by atoms with E-state index in [2.05, 4.69) is 20.4 Å². The number of nitrogens with one attached hydrogen (secondary N) is 2. The van der Waals surface area contributed by atoms with E-state index in [1.165, 1.54) is 12.0 Å². The van der Waals surface area contributed by atoms with Crippen LogP contribution in [0.2, 0.25) is 0 Å². The Balaban J connectivity index is 1.13. The summed E-state index contributed by atoms with van der Waals surface area (Å²) in [6, 6.07) is 13.2. The fourth-order valence-electron chi connectivity index (χ4n) is 6.14. The van der Waals surface area contributed by atoms with Crippen LogP contribution in [0.25, 0.3) is 10.4 Å². The predicted octanol–water partition coefficient (Wildman–Crippen LogP) is 4.02. The number of rotatable bonds is 21. The number of likely N-dealkylation sites (tertiary alicyclic amines) is 1. The van der Waals surface area contributed by atoms with E-state index in [9.17, 15) is 24.3 Å². The van der Waals surface area contributed by atoms with E-state index < -0.39 is 35.4 Å². The number of carbonyl (C=O) groups is 4. The van der Waals surface area contributed by atoms with Crippen molar-refractivity contribution in [2.45, 2.75) is 78.1 Å². The third-order valence-corrected chi connectivity index (χ3v) is 10.3. The zero-order valence-corrected chi connectivity index (χ0v) is 34.0. The second-order valence-electron chi connectivity index (χ2n) is 14.7. The number of thiazole rings is 1. The molecule has 1 fully saturated rings. The van der Waals surface area contributed by atoms with Crippen molar-refractivity contribution in [2.75, 3.05) is 59.9 Å². The Kier molecular flexibility index (Phi) is 17.2. The molecule has 4 rings (SSSR count). The number of nitrogens with zero attached hydrogens (tertiary/aromatic N) is 2. The Bertz CT molecular complexity index is 1710. The fraction of sp³-hybridized carbons (Fsp3) is 0.537.